The third-order valence-corrected chi connectivity index (χ3v) is 4.77. The fourth-order valence-electron chi connectivity index (χ4n) is 2.10. The van der Waals surface area contributed by atoms with Gasteiger partial charge in [0.2, 0.25) is 0 Å². The van der Waals surface area contributed by atoms with Gasteiger partial charge in [-0.1, -0.05) is 23.2 Å². The molecule has 3 nitrogen and oxygen atoms in total. The van der Waals surface area contributed by atoms with Gasteiger partial charge >= 0.3 is 0 Å². The van der Waals surface area contributed by atoms with E-state index in [-0.39, 0.29) is 5.38 Å². The number of aryl methyl sites for hydroxylation is 1. The average molecular weight is 354 g/mol. The van der Waals surface area contributed by atoms with E-state index in [0.29, 0.717) is 22.3 Å². The van der Waals surface area contributed by atoms with Crippen LogP contribution in [0, 0.1) is 0 Å². The van der Waals surface area contributed by atoms with E-state index >= 15 is 0 Å². The van der Waals surface area contributed by atoms with Crippen LogP contribution in [-0.4, -0.2) is 25.8 Å². The molecular weight excluding hydrogens is 339 g/mol. The van der Waals surface area contributed by atoms with E-state index < -0.39 is 10.8 Å². The summed E-state index contributed by atoms with van der Waals surface area (Å²) in [4.78, 5) is 4.52. The highest BCUT2D eigenvalue weighted by molar-refractivity contribution is 7.84. The van der Waals surface area contributed by atoms with Crippen LogP contribution in [0.3, 0.4) is 0 Å². The second kappa shape index (κ2) is 6.65. The molecule has 110 valence electrons. The van der Waals surface area contributed by atoms with E-state index in [1.54, 1.807) is 18.4 Å². The summed E-state index contributed by atoms with van der Waals surface area (Å²) >= 11 is 18.3. The Morgan fingerprint density at radius 3 is 2.60 bits per heavy atom. The third-order valence-electron chi connectivity index (χ3n) is 2.99. The first kappa shape index (κ1) is 16.1. The molecule has 2 unspecified atom stereocenters. The normalized spacial score (nSPS) is 14.7. The molecular formula is C13H15Cl3N2OS. The Labute approximate surface area is 135 Å². The van der Waals surface area contributed by atoms with Crippen molar-refractivity contribution in [1.82, 2.24) is 9.55 Å². The molecule has 1 aromatic heterocycles. The van der Waals surface area contributed by atoms with Crippen LogP contribution in [0.5, 0.6) is 0 Å². The number of hydrogen-bond acceptors (Lipinski definition) is 2. The molecule has 0 saturated heterocycles. The van der Waals surface area contributed by atoms with Crippen LogP contribution in [0.4, 0.5) is 0 Å². The molecule has 2 rings (SSSR count). The molecule has 20 heavy (non-hydrogen) atoms. The zero-order valence-electron chi connectivity index (χ0n) is 11.2. The lowest BCUT2D eigenvalue weighted by Gasteiger charge is -2.10. The van der Waals surface area contributed by atoms with Crippen LogP contribution < -0.4 is 0 Å². The van der Waals surface area contributed by atoms with Crippen LogP contribution in [0.2, 0.25) is 10.0 Å². The Morgan fingerprint density at radius 2 is 2.00 bits per heavy atom. The summed E-state index contributed by atoms with van der Waals surface area (Å²) in [5, 5.41) is 0.757. The Balaban J connectivity index is 2.45. The maximum Gasteiger partial charge on any atom is 0.127 e. The molecule has 0 saturated carbocycles. The molecule has 1 heterocycles. The number of alkyl halides is 1. The minimum absolute atomic E-state index is 0.216. The first-order valence-corrected chi connectivity index (χ1v) is 9.11. The predicted octanol–water partition coefficient (Wildman–Crippen LogP) is 4.41. The minimum atomic E-state index is -0.800. The summed E-state index contributed by atoms with van der Waals surface area (Å²) in [6.07, 6.45) is 2.50. The molecule has 0 bridgehead atoms. The van der Waals surface area contributed by atoms with Gasteiger partial charge in [0, 0.05) is 29.4 Å². The molecule has 0 aliphatic carbocycles. The lowest BCUT2D eigenvalue weighted by atomic mass is 10.3. The van der Waals surface area contributed by atoms with Crippen LogP contribution in [0.15, 0.2) is 12.1 Å². The molecule has 1 aromatic carbocycles. The number of hydrogen-bond donors (Lipinski definition) is 0. The van der Waals surface area contributed by atoms with E-state index in [0.717, 1.165) is 23.3 Å². The largest absolute Gasteiger partial charge is 0.327 e. The third kappa shape index (κ3) is 3.48. The fraction of sp³-hybridized carbons (Fsp3) is 0.462. The molecule has 0 fully saturated rings. The Bertz CT molecular complexity index is 655. The Hall–Kier alpha value is -0.290. The van der Waals surface area contributed by atoms with Gasteiger partial charge in [-0.25, -0.2) is 4.98 Å². The highest BCUT2D eigenvalue weighted by Gasteiger charge is 2.16. The second-order valence-electron chi connectivity index (χ2n) is 4.62. The number of benzene rings is 1. The molecule has 0 N–H and O–H groups in total. The van der Waals surface area contributed by atoms with Gasteiger partial charge < -0.3 is 4.57 Å². The lowest BCUT2D eigenvalue weighted by molar-refractivity contribution is 0.646. The van der Waals surface area contributed by atoms with Crippen molar-refractivity contribution in [3.8, 4) is 0 Å². The summed E-state index contributed by atoms with van der Waals surface area (Å²) in [5.74, 6) is 1.43. The SMILES string of the molecule is CC(Cl)c1nc2cc(Cl)c(Cl)cc2n1CCCS(C)=O. The molecule has 0 spiro atoms. The number of rotatable bonds is 5. The van der Waals surface area contributed by atoms with Crippen LogP contribution in [0.25, 0.3) is 11.0 Å². The number of nitrogens with zero attached hydrogens (tertiary/aromatic N) is 2. The number of imidazole rings is 1. The Morgan fingerprint density at radius 1 is 1.35 bits per heavy atom. The molecule has 7 heteroatoms. The molecule has 0 aliphatic heterocycles. The van der Waals surface area contributed by atoms with Crippen molar-refractivity contribution < 1.29 is 4.21 Å². The Kier molecular flexibility index (Phi) is 5.35. The number of fused-ring (bicyclic) bond motifs is 1. The van der Waals surface area contributed by atoms with E-state index in [1.807, 2.05) is 11.5 Å². The molecule has 2 atom stereocenters. The quantitative estimate of drug-likeness (QED) is 0.746. The van der Waals surface area contributed by atoms with Gasteiger partial charge in [0.1, 0.15) is 5.82 Å². The first-order valence-electron chi connectivity index (χ1n) is 6.19. The topological polar surface area (TPSA) is 34.9 Å². The summed E-state index contributed by atoms with van der Waals surface area (Å²) in [5.41, 5.74) is 1.68. The van der Waals surface area contributed by atoms with Crippen LogP contribution >= 0.6 is 34.8 Å². The van der Waals surface area contributed by atoms with Crippen LogP contribution in [0.1, 0.15) is 24.5 Å². The molecule has 2 aromatic rings. The second-order valence-corrected chi connectivity index (χ2v) is 7.65. The number of halogens is 3. The van der Waals surface area contributed by atoms with Gasteiger partial charge in [-0.15, -0.1) is 11.6 Å². The standard InChI is InChI=1S/C13H15Cl3N2OS/c1-8(14)13-17-11-6-9(15)10(16)7-12(11)18(13)4-3-5-20(2)19/h6-8H,3-5H2,1-2H3. The van der Waals surface area contributed by atoms with Gasteiger partial charge in [-0.05, 0) is 25.5 Å². The lowest BCUT2D eigenvalue weighted by Crippen LogP contribution is -2.07. The van der Waals surface area contributed by atoms with Crippen molar-refractivity contribution in [2.45, 2.75) is 25.3 Å². The monoisotopic (exact) mass is 352 g/mol. The summed E-state index contributed by atoms with van der Waals surface area (Å²) in [6.45, 7) is 2.58. The first-order chi connectivity index (χ1) is 9.40. The van der Waals surface area contributed by atoms with Gasteiger partial charge in [-0.3, -0.25) is 4.21 Å². The van der Waals surface area contributed by atoms with Gasteiger partial charge in [0.05, 0.1) is 26.5 Å². The van der Waals surface area contributed by atoms with Crippen molar-refractivity contribution in [3.63, 3.8) is 0 Å². The van der Waals surface area contributed by atoms with Crippen molar-refractivity contribution in [1.29, 1.82) is 0 Å². The predicted molar refractivity (Wildman–Crippen MR) is 87.6 cm³/mol. The molecule has 0 aliphatic rings. The van der Waals surface area contributed by atoms with Crippen molar-refractivity contribution in [2.75, 3.05) is 12.0 Å². The van der Waals surface area contributed by atoms with E-state index in [4.69, 9.17) is 34.8 Å². The average Bonchev–Trinajstić information content (AvgIpc) is 2.68. The van der Waals surface area contributed by atoms with Gasteiger partial charge in [0.15, 0.2) is 0 Å². The highest BCUT2D eigenvalue weighted by Crippen LogP contribution is 2.31. The summed E-state index contributed by atoms with van der Waals surface area (Å²) in [7, 11) is -0.800. The van der Waals surface area contributed by atoms with E-state index in [2.05, 4.69) is 4.98 Å². The van der Waals surface area contributed by atoms with Gasteiger partial charge in [-0.2, -0.15) is 0 Å². The fourth-order valence-corrected chi connectivity index (χ4v) is 3.12. The molecule has 0 radical (unpaired) electrons. The summed E-state index contributed by atoms with van der Waals surface area (Å²) < 4.78 is 13.2. The maximum absolute atomic E-state index is 11.2. The van der Waals surface area contributed by atoms with Crippen molar-refractivity contribution >= 4 is 56.6 Å². The number of aromatic nitrogens is 2. The van der Waals surface area contributed by atoms with E-state index in [9.17, 15) is 4.21 Å². The highest BCUT2D eigenvalue weighted by atomic mass is 35.5. The summed E-state index contributed by atoms with van der Waals surface area (Å²) in [6, 6.07) is 3.55. The van der Waals surface area contributed by atoms with Crippen molar-refractivity contribution in [2.24, 2.45) is 0 Å². The zero-order valence-corrected chi connectivity index (χ0v) is 14.3. The molecule has 0 amide bonds. The van der Waals surface area contributed by atoms with Gasteiger partial charge in [0.25, 0.3) is 0 Å². The van der Waals surface area contributed by atoms with E-state index in [1.165, 1.54) is 0 Å². The smallest absolute Gasteiger partial charge is 0.127 e. The zero-order chi connectivity index (χ0) is 14.9. The minimum Gasteiger partial charge on any atom is -0.327 e. The van der Waals surface area contributed by atoms with Crippen LogP contribution in [-0.2, 0) is 17.3 Å². The maximum atomic E-state index is 11.2. The van der Waals surface area contributed by atoms with Crippen molar-refractivity contribution in [3.05, 3.63) is 28.0 Å².